The van der Waals surface area contributed by atoms with E-state index in [1.165, 1.54) is 18.2 Å². The van der Waals surface area contributed by atoms with Gasteiger partial charge in [0.25, 0.3) is 5.91 Å². The summed E-state index contributed by atoms with van der Waals surface area (Å²) in [7, 11) is 0. The van der Waals surface area contributed by atoms with Crippen LogP contribution in [0.15, 0.2) is 77.3 Å². The smallest absolute Gasteiger partial charge is 0.292 e. The van der Waals surface area contributed by atoms with E-state index in [1.54, 1.807) is 29.2 Å². The van der Waals surface area contributed by atoms with Gasteiger partial charge in [0.15, 0.2) is 0 Å². The molecular formula is C26H20ClFN2O4. The van der Waals surface area contributed by atoms with Crippen LogP contribution >= 0.6 is 11.6 Å². The zero-order valence-corrected chi connectivity index (χ0v) is 18.7. The molecule has 1 amide bonds. The lowest BCUT2D eigenvalue weighted by atomic mass is 9.98. The molecule has 0 spiro atoms. The normalized spacial score (nSPS) is 14.1. The molecule has 172 valence electrons. The third-order valence-electron chi connectivity index (χ3n) is 5.73. The fourth-order valence-corrected chi connectivity index (χ4v) is 4.24. The summed E-state index contributed by atoms with van der Waals surface area (Å²) in [6, 6.07) is 20.4. The number of carbonyl (C=O) groups is 1. The van der Waals surface area contributed by atoms with Crippen LogP contribution in [0.4, 0.5) is 4.39 Å². The second-order valence-electron chi connectivity index (χ2n) is 7.92. The molecule has 1 N–H and O–H groups in total. The van der Waals surface area contributed by atoms with Crippen LogP contribution in [-0.4, -0.2) is 34.2 Å². The number of aliphatic hydroxyl groups excluding tert-OH is 1. The van der Waals surface area contributed by atoms with Crippen molar-refractivity contribution in [2.45, 2.75) is 12.6 Å². The summed E-state index contributed by atoms with van der Waals surface area (Å²) in [5, 5.41) is 15.0. The van der Waals surface area contributed by atoms with Gasteiger partial charge in [-0.2, -0.15) is 0 Å². The van der Waals surface area contributed by atoms with E-state index in [9.17, 15) is 14.3 Å². The minimum Gasteiger partial charge on any atom is -0.491 e. The number of nitrogens with zero attached hydrogens (tertiary/aromatic N) is 2. The van der Waals surface area contributed by atoms with E-state index in [0.29, 0.717) is 35.7 Å². The van der Waals surface area contributed by atoms with Gasteiger partial charge in [-0.25, -0.2) is 4.39 Å². The number of fused-ring (bicyclic) bond motifs is 1. The predicted octanol–water partition coefficient (Wildman–Crippen LogP) is 5.25. The van der Waals surface area contributed by atoms with Crippen molar-refractivity contribution in [3.05, 3.63) is 106 Å². The third-order valence-corrected chi connectivity index (χ3v) is 6.06. The van der Waals surface area contributed by atoms with Gasteiger partial charge in [0, 0.05) is 34.3 Å². The van der Waals surface area contributed by atoms with Crippen molar-refractivity contribution in [2.24, 2.45) is 0 Å². The molecule has 1 aromatic heterocycles. The summed E-state index contributed by atoms with van der Waals surface area (Å²) in [4.78, 5) is 14.7. The Balaban J connectivity index is 1.40. The molecule has 1 atom stereocenters. The van der Waals surface area contributed by atoms with E-state index < -0.39 is 11.9 Å². The number of aromatic nitrogens is 1. The first-order valence-electron chi connectivity index (χ1n) is 10.7. The van der Waals surface area contributed by atoms with E-state index in [1.807, 2.05) is 30.3 Å². The summed E-state index contributed by atoms with van der Waals surface area (Å²) < 4.78 is 25.5. The molecule has 0 radical (unpaired) electrons. The van der Waals surface area contributed by atoms with Gasteiger partial charge in [0.1, 0.15) is 30.0 Å². The van der Waals surface area contributed by atoms with Gasteiger partial charge in [-0.15, -0.1) is 0 Å². The van der Waals surface area contributed by atoms with Gasteiger partial charge in [-0.05, 0) is 29.8 Å². The highest BCUT2D eigenvalue weighted by atomic mass is 35.5. The van der Waals surface area contributed by atoms with Gasteiger partial charge in [-0.3, -0.25) is 4.79 Å². The highest BCUT2D eigenvalue weighted by Crippen LogP contribution is 2.34. The highest BCUT2D eigenvalue weighted by Gasteiger charge is 2.26. The molecule has 0 fully saturated rings. The molecular weight excluding hydrogens is 459 g/mol. The zero-order chi connectivity index (χ0) is 23.7. The first-order chi connectivity index (χ1) is 16.5. The topological polar surface area (TPSA) is 75.8 Å². The number of aliphatic hydroxyl groups is 1. The Morgan fingerprint density at radius 1 is 1.09 bits per heavy atom. The van der Waals surface area contributed by atoms with E-state index in [4.69, 9.17) is 20.9 Å². The van der Waals surface area contributed by atoms with Crippen LogP contribution in [0, 0.1) is 5.82 Å². The van der Waals surface area contributed by atoms with Gasteiger partial charge in [0.2, 0.25) is 5.76 Å². The average molecular weight is 479 g/mol. The fourth-order valence-electron chi connectivity index (χ4n) is 3.97. The molecule has 0 aliphatic carbocycles. The Morgan fingerprint density at radius 2 is 1.91 bits per heavy atom. The number of benzene rings is 3. The number of rotatable bonds is 4. The highest BCUT2D eigenvalue weighted by molar-refractivity contribution is 6.31. The van der Waals surface area contributed by atoms with E-state index in [0.717, 1.165) is 5.56 Å². The average Bonchev–Trinajstić information content (AvgIpc) is 3.24. The van der Waals surface area contributed by atoms with Crippen molar-refractivity contribution in [2.75, 3.05) is 13.2 Å². The van der Waals surface area contributed by atoms with Crippen LogP contribution in [-0.2, 0) is 6.54 Å². The van der Waals surface area contributed by atoms with Crippen molar-refractivity contribution in [1.82, 2.24) is 10.1 Å². The summed E-state index contributed by atoms with van der Waals surface area (Å²) >= 11 is 6.13. The van der Waals surface area contributed by atoms with Crippen molar-refractivity contribution < 1.29 is 23.6 Å². The molecule has 34 heavy (non-hydrogen) atoms. The van der Waals surface area contributed by atoms with Gasteiger partial charge in [0.05, 0.1) is 6.54 Å². The van der Waals surface area contributed by atoms with Crippen molar-refractivity contribution >= 4 is 17.5 Å². The largest absolute Gasteiger partial charge is 0.491 e. The maximum atomic E-state index is 14.3. The molecule has 1 aliphatic rings. The summed E-state index contributed by atoms with van der Waals surface area (Å²) in [5.41, 5.74) is 2.54. The Kier molecular flexibility index (Phi) is 6.04. The Hall–Kier alpha value is -3.68. The summed E-state index contributed by atoms with van der Waals surface area (Å²) in [6.45, 7) is 0.854. The fraction of sp³-hybridized carbons (Fsp3) is 0.154. The lowest BCUT2D eigenvalue weighted by Gasteiger charge is -2.19. The van der Waals surface area contributed by atoms with Crippen LogP contribution in [0.3, 0.4) is 0 Å². The standard InChI is InChI=1S/C26H20ClFN2O4/c27-19-7-4-8-20(28)24(19)25(31)17-9-10-22-18(13-17)15-30(11-12-33-22)26(32)23-14-21(29-34-23)16-5-2-1-3-6-16/h1-10,13-14,25,31H,11-12,15H2. The lowest BCUT2D eigenvalue weighted by molar-refractivity contribution is 0.0691. The second-order valence-corrected chi connectivity index (χ2v) is 8.33. The maximum absolute atomic E-state index is 14.3. The quantitative estimate of drug-likeness (QED) is 0.433. The molecule has 6 nitrogen and oxygen atoms in total. The van der Waals surface area contributed by atoms with E-state index >= 15 is 0 Å². The molecule has 1 aliphatic heterocycles. The van der Waals surface area contributed by atoms with Crippen molar-refractivity contribution in [3.63, 3.8) is 0 Å². The molecule has 0 saturated heterocycles. The Bertz CT molecular complexity index is 1320. The molecule has 4 aromatic rings. The second kappa shape index (κ2) is 9.29. The van der Waals surface area contributed by atoms with Crippen LogP contribution in [0.2, 0.25) is 5.02 Å². The lowest BCUT2D eigenvalue weighted by Crippen LogP contribution is -2.32. The minimum absolute atomic E-state index is 0.00157. The number of halogens is 2. The minimum atomic E-state index is -1.27. The SMILES string of the molecule is O=C(c1cc(-c2ccccc2)no1)N1CCOc2ccc(C(O)c3c(F)cccc3Cl)cc2C1. The van der Waals surface area contributed by atoms with Crippen LogP contribution in [0.5, 0.6) is 5.75 Å². The number of ether oxygens (including phenoxy) is 1. The van der Waals surface area contributed by atoms with E-state index in [2.05, 4.69) is 5.16 Å². The van der Waals surface area contributed by atoms with Crippen LogP contribution in [0.25, 0.3) is 11.3 Å². The maximum Gasteiger partial charge on any atom is 0.292 e. The number of hydrogen-bond acceptors (Lipinski definition) is 5. The Labute approximate surface area is 200 Å². The van der Waals surface area contributed by atoms with Crippen LogP contribution < -0.4 is 4.74 Å². The number of amides is 1. The monoisotopic (exact) mass is 478 g/mol. The van der Waals surface area contributed by atoms with Gasteiger partial charge in [-0.1, -0.05) is 59.2 Å². The predicted molar refractivity (Wildman–Crippen MR) is 124 cm³/mol. The zero-order valence-electron chi connectivity index (χ0n) is 17.9. The van der Waals surface area contributed by atoms with Gasteiger partial charge >= 0.3 is 0 Å². The van der Waals surface area contributed by atoms with Gasteiger partial charge < -0.3 is 19.3 Å². The summed E-state index contributed by atoms with van der Waals surface area (Å²) in [5.74, 6) is -0.207. The van der Waals surface area contributed by atoms with E-state index in [-0.39, 0.29) is 28.8 Å². The molecule has 8 heteroatoms. The first-order valence-corrected chi connectivity index (χ1v) is 11.1. The molecule has 0 bridgehead atoms. The van der Waals surface area contributed by atoms with Crippen molar-refractivity contribution in [3.8, 4) is 17.0 Å². The third kappa shape index (κ3) is 4.27. The number of carbonyl (C=O) groups excluding carboxylic acids is 1. The number of hydrogen-bond donors (Lipinski definition) is 1. The molecule has 2 heterocycles. The molecule has 5 rings (SSSR count). The van der Waals surface area contributed by atoms with Crippen LogP contribution in [0.1, 0.15) is 33.3 Å². The summed E-state index contributed by atoms with van der Waals surface area (Å²) in [6.07, 6.45) is -1.27. The molecule has 3 aromatic carbocycles. The first kappa shape index (κ1) is 22.1. The Morgan fingerprint density at radius 3 is 2.71 bits per heavy atom. The molecule has 1 unspecified atom stereocenters. The van der Waals surface area contributed by atoms with Crippen molar-refractivity contribution in [1.29, 1.82) is 0 Å². The molecule has 0 saturated carbocycles.